The van der Waals surface area contributed by atoms with Gasteiger partial charge in [-0.15, -0.1) is 0 Å². The van der Waals surface area contributed by atoms with E-state index in [1.165, 1.54) is 4.31 Å². The molecule has 0 radical (unpaired) electrons. The van der Waals surface area contributed by atoms with Gasteiger partial charge in [-0.2, -0.15) is 0 Å². The van der Waals surface area contributed by atoms with E-state index < -0.39 is 25.1 Å². The summed E-state index contributed by atoms with van der Waals surface area (Å²) in [5.74, 6) is 0.0590. The smallest absolute Gasteiger partial charge is 0.217 e. The summed E-state index contributed by atoms with van der Waals surface area (Å²) >= 11 is 4.94. The summed E-state index contributed by atoms with van der Waals surface area (Å²) in [5.41, 5.74) is 5.59. The Labute approximate surface area is 125 Å². The van der Waals surface area contributed by atoms with Crippen molar-refractivity contribution in [2.45, 2.75) is 30.9 Å². The van der Waals surface area contributed by atoms with Gasteiger partial charge in [0, 0.05) is 19.0 Å². The molecule has 0 spiro atoms. The maximum atomic E-state index is 12.5. The molecular weight excluding hydrogens is 320 g/mol. The molecule has 2 saturated heterocycles. The maximum Gasteiger partial charge on any atom is 0.217 e. The quantitative estimate of drug-likeness (QED) is 0.720. The van der Waals surface area contributed by atoms with Gasteiger partial charge in [0.1, 0.15) is 9.84 Å². The lowest BCUT2D eigenvalue weighted by Gasteiger charge is -2.34. The summed E-state index contributed by atoms with van der Waals surface area (Å²) in [6, 6.07) is 0. The first-order valence-electron chi connectivity index (χ1n) is 6.71. The van der Waals surface area contributed by atoms with Gasteiger partial charge in [-0.1, -0.05) is 12.2 Å². The largest absolute Gasteiger partial charge is 0.393 e. The summed E-state index contributed by atoms with van der Waals surface area (Å²) in [4.78, 5) is 0.450. The molecule has 116 valence electrons. The van der Waals surface area contributed by atoms with Gasteiger partial charge >= 0.3 is 0 Å². The first-order valence-corrected chi connectivity index (χ1v) is 10.4. The van der Waals surface area contributed by atoms with Gasteiger partial charge in [-0.05, 0) is 25.7 Å². The van der Waals surface area contributed by atoms with Crippen molar-refractivity contribution in [1.82, 2.24) is 4.31 Å². The van der Waals surface area contributed by atoms with Crippen LogP contribution in [0.2, 0.25) is 0 Å². The Morgan fingerprint density at radius 1 is 1.10 bits per heavy atom. The summed E-state index contributed by atoms with van der Waals surface area (Å²) in [6.07, 6.45) is 1.72. The Kier molecular flexibility index (Phi) is 4.73. The zero-order valence-electron chi connectivity index (χ0n) is 11.2. The van der Waals surface area contributed by atoms with E-state index in [0.29, 0.717) is 30.9 Å². The molecule has 2 N–H and O–H groups in total. The van der Waals surface area contributed by atoms with E-state index in [2.05, 4.69) is 0 Å². The van der Waals surface area contributed by atoms with E-state index in [9.17, 15) is 16.8 Å². The SMILES string of the molecule is NC(=S)C1CCN(S(=O)(=O)C2CCS(=O)(=O)CC2)CC1. The van der Waals surface area contributed by atoms with Gasteiger partial charge in [0.15, 0.2) is 0 Å². The molecule has 2 aliphatic heterocycles. The number of sulfone groups is 1. The topological polar surface area (TPSA) is 97.5 Å². The lowest BCUT2D eigenvalue weighted by atomic mass is 9.98. The van der Waals surface area contributed by atoms with Crippen LogP contribution in [0.25, 0.3) is 0 Å². The highest BCUT2D eigenvalue weighted by molar-refractivity contribution is 7.92. The highest BCUT2D eigenvalue weighted by Crippen LogP contribution is 2.26. The second-order valence-electron chi connectivity index (χ2n) is 5.47. The molecule has 0 atom stereocenters. The molecule has 0 unspecified atom stereocenters. The minimum atomic E-state index is -3.40. The number of rotatable bonds is 3. The molecule has 0 aromatic heterocycles. The highest BCUT2D eigenvalue weighted by Gasteiger charge is 2.38. The molecule has 20 heavy (non-hydrogen) atoms. The Hall–Kier alpha value is -0.250. The molecular formula is C11H20N2O4S3. The fraction of sp³-hybridized carbons (Fsp3) is 0.909. The first kappa shape index (κ1) is 16.1. The van der Waals surface area contributed by atoms with Crippen LogP contribution in [0.3, 0.4) is 0 Å². The zero-order chi connectivity index (χ0) is 15.0. The van der Waals surface area contributed by atoms with Crippen molar-refractivity contribution >= 4 is 37.1 Å². The van der Waals surface area contributed by atoms with Gasteiger partial charge in [0.05, 0.1) is 21.7 Å². The molecule has 0 aromatic rings. The van der Waals surface area contributed by atoms with Gasteiger partial charge in [0.2, 0.25) is 10.0 Å². The standard InChI is InChI=1S/C11H20N2O4S3/c12-11(18)9-1-5-13(6-2-9)20(16,17)10-3-7-19(14,15)8-4-10/h9-10H,1-8H2,(H2,12,18). The van der Waals surface area contributed by atoms with Crippen LogP contribution in [0.4, 0.5) is 0 Å². The van der Waals surface area contributed by atoms with Gasteiger partial charge in [0.25, 0.3) is 0 Å². The number of nitrogens with zero attached hydrogens (tertiary/aromatic N) is 1. The second kappa shape index (κ2) is 5.86. The minimum Gasteiger partial charge on any atom is -0.393 e. The summed E-state index contributed by atoms with van der Waals surface area (Å²) < 4.78 is 49.2. The molecule has 0 aromatic carbocycles. The number of hydrogen-bond acceptors (Lipinski definition) is 5. The third-order valence-electron chi connectivity index (χ3n) is 4.14. The van der Waals surface area contributed by atoms with E-state index in [1.54, 1.807) is 0 Å². The van der Waals surface area contributed by atoms with Crippen molar-refractivity contribution in [3.63, 3.8) is 0 Å². The average Bonchev–Trinajstić information content (AvgIpc) is 2.38. The molecule has 0 aliphatic carbocycles. The van der Waals surface area contributed by atoms with Crippen molar-refractivity contribution in [3.05, 3.63) is 0 Å². The van der Waals surface area contributed by atoms with Gasteiger partial charge < -0.3 is 5.73 Å². The fourth-order valence-electron chi connectivity index (χ4n) is 2.77. The molecule has 2 heterocycles. The Morgan fingerprint density at radius 2 is 1.60 bits per heavy atom. The van der Waals surface area contributed by atoms with Crippen LogP contribution >= 0.6 is 12.2 Å². The Morgan fingerprint density at radius 3 is 2.05 bits per heavy atom. The van der Waals surface area contributed by atoms with Crippen molar-refractivity contribution in [2.24, 2.45) is 11.7 Å². The maximum absolute atomic E-state index is 12.5. The van der Waals surface area contributed by atoms with E-state index in [1.807, 2.05) is 0 Å². The predicted molar refractivity (Wildman–Crippen MR) is 81.7 cm³/mol. The van der Waals surface area contributed by atoms with Crippen LogP contribution < -0.4 is 5.73 Å². The third kappa shape index (κ3) is 3.49. The monoisotopic (exact) mass is 340 g/mol. The predicted octanol–water partition coefficient (Wildman–Crippen LogP) is -0.108. The van der Waals surface area contributed by atoms with E-state index in [0.717, 1.165) is 0 Å². The lowest BCUT2D eigenvalue weighted by Crippen LogP contribution is -2.47. The third-order valence-corrected chi connectivity index (χ3v) is 8.59. The zero-order valence-corrected chi connectivity index (χ0v) is 13.6. The number of nitrogens with two attached hydrogens (primary N) is 1. The molecule has 2 aliphatic rings. The molecule has 9 heteroatoms. The van der Waals surface area contributed by atoms with Crippen LogP contribution in [0.1, 0.15) is 25.7 Å². The molecule has 2 fully saturated rings. The molecule has 0 amide bonds. The Balaban J connectivity index is 2.00. The molecule has 2 rings (SSSR count). The normalized spacial score (nSPS) is 26.4. The van der Waals surface area contributed by atoms with Crippen molar-refractivity contribution in [1.29, 1.82) is 0 Å². The summed E-state index contributed by atoms with van der Waals surface area (Å²) in [7, 11) is -6.44. The van der Waals surface area contributed by atoms with Crippen LogP contribution in [0.15, 0.2) is 0 Å². The van der Waals surface area contributed by atoms with Gasteiger partial charge in [-0.25, -0.2) is 21.1 Å². The lowest BCUT2D eigenvalue weighted by molar-refractivity contribution is 0.312. The average molecular weight is 340 g/mol. The molecule has 0 saturated carbocycles. The first-order chi connectivity index (χ1) is 9.22. The molecule has 6 nitrogen and oxygen atoms in total. The summed E-state index contributed by atoms with van der Waals surface area (Å²) in [6.45, 7) is 0.848. The number of hydrogen-bond donors (Lipinski definition) is 1. The summed E-state index contributed by atoms with van der Waals surface area (Å²) in [5, 5.41) is -0.563. The number of thiocarbonyl (C=S) groups is 1. The van der Waals surface area contributed by atoms with Gasteiger partial charge in [-0.3, -0.25) is 0 Å². The van der Waals surface area contributed by atoms with Crippen molar-refractivity contribution in [2.75, 3.05) is 24.6 Å². The van der Waals surface area contributed by atoms with Crippen LogP contribution in [0, 0.1) is 5.92 Å². The Bertz CT molecular complexity index is 563. The van der Waals surface area contributed by atoms with Crippen LogP contribution in [-0.4, -0.2) is 56.0 Å². The minimum absolute atomic E-state index is 0.0275. The second-order valence-corrected chi connectivity index (χ2v) is 10.5. The van der Waals surface area contributed by atoms with Crippen molar-refractivity contribution in [3.8, 4) is 0 Å². The highest BCUT2D eigenvalue weighted by atomic mass is 32.2. The van der Waals surface area contributed by atoms with Crippen LogP contribution in [0.5, 0.6) is 0 Å². The molecule has 0 bridgehead atoms. The van der Waals surface area contributed by atoms with Crippen molar-refractivity contribution < 1.29 is 16.8 Å². The number of piperidine rings is 1. The van der Waals surface area contributed by atoms with Crippen LogP contribution in [-0.2, 0) is 19.9 Å². The van der Waals surface area contributed by atoms with E-state index in [4.69, 9.17) is 18.0 Å². The fourth-order valence-corrected chi connectivity index (χ4v) is 6.77. The number of sulfonamides is 1. The van der Waals surface area contributed by atoms with E-state index >= 15 is 0 Å². The van der Waals surface area contributed by atoms with E-state index in [-0.39, 0.29) is 30.3 Å².